The fourth-order valence-electron chi connectivity index (χ4n) is 3.82. The van der Waals surface area contributed by atoms with E-state index < -0.39 is 28.5 Å². The minimum atomic E-state index is -4.76. The van der Waals surface area contributed by atoms with Gasteiger partial charge >= 0.3 is 16.4 Å². The van der Waals surface area contributed by atoms with Crippen molar-refractivity contribution in [2.45, 2.75) is 50.4 Å². The highest BCUT2D eigenvalue weighted by atomic mass is 32.3. The Kier molecular flexibility index (Phi) is 5.03. The summed E-state index contributed by atoms with van der Waals surface area (Å²) in [5.74, 6) is 0.765. The molecule has 2 unspecified atom stereocenters. The number of urea groups is 1. The fraction of sp³-hybridized carbons (Fsp3) is 0.786. The summed E-state index contributed by atoms with van der Waals surface area (Å²) in [4.78, 5) is 13.9. The number of fused-ring (bicyclic) bond motifs is 2. The van der Waals surface area contributed by atoms with E-state index in [1.165, 1.54) is 4.90 Å². The number of nitrogens with one attached hydrogen (secondary N) is 2. The van der Waals surface area contributed by atoms with Crippen LogP contribution in [0.1, 0.15) is 43.5 Å². The molecule has 3 saturated heterocycles. The minimum Gasteiger partial charge on any atom is -0.422 e. The lowest BCUT2D eigenvalue weighted by atomic mass is 10.0. The van der Waals surface area contributed by atoms with E-state index in [1.807, 2.05) is 0 Å². The molecule has 0 spiro atoms. The monoisotopic (exact) mass is 402 g/mol. The molecule has 12 nitrogen and oxygen atoms in total. The number of rotatable bonds is 6. The molecule has 4 rings (SSSR count). The molecule has 1 aromatic heterocycles. The molecule has 150 valence electrons. The number of piperidine rings is 2. The van der Waals surface area contributed by atoms with E-state index in [1.54, 1.807) is 0 Å². The zero-order valence-corrected chi connectivity index (χ0v) is 15.4. The Balaban J connectivity index is 1.39. The highest BCUT2D eigenvalue weighted by molar-refractivity contribution is 7.80. The lowest BCUT2D eigenvalue weighted by molar-refractivity contribution is -0.0317. The number of hydroxylamine groups is 2. The molecule has 0 radical (unpaired) electrons. The molecule has 4 heterocycles. The lowest BCUT2D eigenvalue weighted by Crippen LogP contribution is -2.39. The second kappa shape index (κ2) is 7.31. The van der Waals surface area contributed by atoms with Crippen molar-refractivity contribution in [1.82, 2.24) is 30.8 Å². The van der Waals surface area contributed by atoms with Crippen LogP contribution in [0.4, 0.5) is 4.79 Å². The third-order valence-corrected chi connectivity index (χ3v) is 5.50. The lowest BCUT2D eigenvalue weighted by Gasteiger charge is -2.27. The van der Waals surface area contributed by atoms with Crippen LogP contribution in [0, 0.1) is 0 Å². The first-order valence-electron chi connectivity index (χ1n) is 8.94. The van der Waals surface area contributed by atoms with Gasteiger partial charge in [-0.2, -0.15) is 13.5 Å². The molecule has 3 aliphatic rings. The van der Waals surface area contributed by atoms with Gasteiger partial charge in [0.2, 0.25) is 11.8 Å². The largest absolute Gasteiger partial charge is 0.422 e. The van der Waals surface area contributed by atoms with Crippen molar-refractivity contribution in [3.63, 3.8) is 0 Å². The van der Waals surface area contributed by atoms with Gasteiger partial charge in [0.25, 0.3) is 0 Å². The predicted octanol–water partition coefficient (Wildman–Crippen LogP) is -0.413. The molecule has 13 heteroatoms. The highest BCUT2D eigenvalue weighted by Crippen LogP contribution is 2.38. The van der Waals surface area contributed by atoms with Crippen LogP contribution in [0.3, 0.4) is 0 Å². The molecule has 2 atom stereocenters. The number of nitrogens with zero attached hydrogens (tertiary/aromatic N) is 4. The van der Waals surface area contributed by atoms with E-state index in [9.17, 15) is 13.2 Å². The van der Waals surface area contributed by atoms with E-state index in [-0.39, 0.29) is 6.54 Å². The average Bonchev–Trinajstić information content (AvgIpc) is 3.20. The fourth-order valence-corrected chi connectivity index (χ4v) is 4.21. The molecule has 2 bridgehead atoms. The molecule has 0 aliphatic carbocycles. The van der Waals surface area contributed by atoms with Crippen molar-refractivity contribution in [3.8, 4) is 0 Å². The summed E-state index contributed by atoms with van der Waals surface area (Å²) >= 11 is 0. The first-order valence-corrected chi connectivity index (χ1v) is 10.3. The maximum Gasteiger partial charge on any atom is 0.418 e. The zero-order chi connectivity index (χ0) is 19.0. The van der Waals surface area contributed by atoms with Crippen LogP contribution in [-0.4, -0.2) is 70.9 Å². The predicted molar refractivity (Wildman–Crippen MR) is 89.4 cm³/mol. The van der Waals surface area contributed by atoms with Crippen LogP contribution < -0.4 is 10.6 Å². The number of hydrogen-bond donors (Lipinski definition) is 3. The quantitative estimate of drug-likeness (QED) is 0.536. The van der Waals surface area contributed by atoms with Crippen molar-refractivity contribution in [1.29, 1.82) is 0 Å². The first-order chi connectivity index (χ1) is 12.9. The molecule has 27 heavy (non-hydrogen) atoms. The number of carbonyl (C=O) groups excluding carboxylic acids is 1. The Morgan fingerprint density at radius 1 is 1.26 bits per heavy atom. The van der Waals surface area contributed by atoms with E-state index >= 15 is 0 Å². The van der Waals surface area contributed by atoms with Crippen molar-refractivity contribution in [2.24, 2.45) is 0 Å². The number of hydrogen-bond acceptors (Lipinski definition) is 9. The topological polar surface area (TPSA) is 150 Å². The molecular formula is C14H22N6O6S. The summed E-state index contributed by atoms with van der Waals surface area (Å²) in [5.41, 5.74) is 0. The van der Waals surface area contributed by atoms with Gasteiger partial charge in [-0.25, -0.2) is 4.79 Å². The van der Waals surface area contributed by atoms with E-state index in [0.717, 1.165) is 25.9 Å². The second-order valence-electron chi connectivity index (χ2n) is 6.95. The van der Waals surface area contributed by atoms with Crippen molar-refractivity contribution < 1.29 is 26.5 Å². The molecule has 3 N–H and O–H groups in total. The Morgan fingerprint density at radius 3 is 2.78 bits per heavy atom. The van der Waals surface area contributed by atoms with Gasteiger partial charge in [-0.1, -0.05) is 0 Å². The van der Waals surface area contributed by atoms with E-state index in [2.05, 4.69) is 25.1 Å². The summed E-state index contributed by atoms with van der Waals surface area (Å²) in [7, 11) is -4.76. The van der Waals surface area contributed by atoms with E-state index in [0.29, 0.717) is 42.3 Å². The van der Waals surface area contributed by atoms with Gasteiger partial charge in [0.15, 0.2) is 0 Å². The Bertz CT molecular complexity index is 794. The molecule has 0 saturated carbocycles. The maximum absolute atomic E-state index is 12.4. The molecular weight excluding hydrogens is 380 g/mol. The van der Waals surface area contributed by atoms with Crippen molar-refractivity contribution in [3.05, 3.63) is 11.8 Å². The molecule has 3 aliphatic heterocycles. The van der Waals surface area contributed by atoms with Gasteiger partial charge in [-0.3, -0.25) is 4.55 Å². The summed E-state index contributed by atoms with van der Waals surface area (Å²) in [6.45, 7) is 2.69. The smallest absolute Gasteiger partial charge is 0.418 e. The van der Waals surface area contributed by atoms with Crippen LogP contribution in [0.5, 0.6) is 0 Å². The first kappa shape index (κ1) is 18.6. The zero-order valence-electron chi connectivity index (χ0n) is 14.6. The van der Waals surface area contributed by atoms with Gasteiger partial charge in [0.1, 0.15) is 6.04 Å². The van der Waals surface area contributed by atoms with Crippen LogP contribution in [0.25, 0.3) is 0 Å². The third kappa shape index (κ3) is 4.06. The SMILES string of the molecule is O=C1N2CC(CCC2c2nnc(CNC3CCNCC3)o2)N1OS(=O)(=O)O. The second-order valence-corrected chi connectivity index (χ2v) is 7.95. The standard InChI is InChI=1S/C14H22N6O6S/c21-14-19-8-10(20(14)26-27(22,23)24)1-2-11(19)13-18-17-12(25-13)7-16-9-3-5-15-6-4-9/h9-11,15-16H,1-8H2,(H,22,23,24). The van der Waals surface area contributed by atoms with Gasteiger partial charge in [0, 0.05) is 12.6 Å². The van der Waals surface area contributed by atoms with Crippen LogP contribution >= 0.6 is 0 Å². The molecule has 2 amide bonds. The number of aromatic nitrogens is 2. The average molecular weight is 402 g/mol. The van der Waals surface area contributed by atoms with Gasteiger partial charge in [-0.05, 0) is 38.8 Å². The normalized spacial score (nSPS) is 26.8. The molecule has 0 aromatic carbocycles. The molecule has 1 aromatic rings. The minimum absolute atomic E-state index is 0.268. The van der Waals surface area contributed by atoms with Gasteiger partial charge in [-0.15, -0.1) is 14.5 Å². The van der Waals surface area contributed by atoms with Crippen LogP contribution in [0.15, 0.2) is 4.42 Å². The van der Waals surface area contributed by atoms with Crippen LogP contribution in [0.2, 0.25) is 0 Å². The Labute approximate surface area is 156 Å². The number of amides is 2. The third-order valence-electron chi connectivity index (χ3n) is 5.15. The highest BCUT2D eigenvalue weighted by Gasteiger charge is 2.49. The summed E-state index contributed by atoms with van der Waals surface area (Å²) < 4.78 is 40.9. The summed E-state index contributed by atoms with van der Waals surface area (Å²) in [6, 6.07) is -1.13. The van der Waals surface area contributed by atoms with Gasteiger partial charge in [0.05, 0.1) is 12.6 Å². The maximum atomic E-state index is 12.4. The van der Waals surface area contributed by atoms with Crippen molar-refractivity contribution in [2.75, 3.05) is 19.6 Å². The van der Waals surface area contributed by atoms with Crippen molar-refractivity contribution >= 4 is 16.4 Å². The molecule has 3 fully saturated rings. The van der Waals surface area contributed by atoms with Gasteiger partial charge < -0.3 is 20.0 Å². The summed E-state index contributed by atoms with van der Waals surface area (Å²) in [5, 5.41) is 15.5. The number of carbonyl (C=O) groups is 1. The Morgan fingerprint density at radius 2 is 2.04 bits per heavy atom. The van der Waals surface area contributed by atoms with Crippen LogP contribution in [-0.2, 0) is 21.2 Å². The Hall–Kier alpha value is -1.80. The van der Waals surface area contributed by atoms with E-state index in [4.69, 9.17) is 8.97 Å². The summed E-state index contributed by atoms with van der Waals surface area (Å²) in [6.07, 6.45) is 3.10.